The lowest BCUT2D eigenvalue weighted by Gasteiger charge is -2.11. The monoisotopic (exact) mass is 404 g/mol. The Labute approximate surface area is 173 Å². The van der Waals surface area contributed by atoms with Gasteiger partial charge in [-0.2, -0.15) is 4.39 Å². The highest BCUT2D eigenvalue weighted by molar-refractivity contribution is 5.79. The van der Waals surface area contributed by atoms with Gasteiger partial charge in [0.2, 0.25) is 5.88 Å². The SMILES string of the molecule is CC(C)c1ccc(-c2ccccc2)c2c1[C@@]2(F)Oc1cnc([C@H]2C[C@@H]2C(=O)O)cn1. The van der Waals surface area contributed by atoms with E-state index in [1.807, 2.05) is 56.3 Å². The van der Waals surface area contributed by atoms with Crippen molar-refractivity contribution in [1.82, 2.24) is 9.97 Å². The first-order chi connectivity index (χ1) is 14.4. The molecule has 1 heterocycles. The van der Waals surface area contributed by atoms with Crippen LogP contribution in [-0.2, 0) is 10.6 Å². The van der Waals surface area contributed by atoms with E-state index in [1.54, 1.807) is 0 Å². The fourth-order valence-corrected chi connectivity index (χ4v) is 4.17. The molecule has 1 N–H and O–H groups in total. The normalized spacial score (nSPS) is 23.7. The third kappa shape index (κ3) is 2.95. The molecule has 0 spiro atoms. The van der Waals surface area contributed by atoms with Crippen LogP contribution in [0.3, 0.4) is 0 Å². The smallest absolute Gasteiger partial charge is 0.307 e. The van der Waals surface area contributed by atoms with Crippen molar-refractivity contribution >= 4 is 5.97 Å². The maximum atomic E-state index is 16.0. The van der Waals surface area contributed by atoms with Gasteiger partial charge < -0.3 is 9.84 Å². The van der Waals surface area contributed by atoms with Crippen molar-refractivity contribution in [3.05, 3.63) is 77.2 Å². The number of hydrogen-bond donors (Lipinski definition) is 1. The van der Waals surface area contributed by atoms with E-state index in [0.717, 1.165) is 16.7 Å². The van der Waals surface area contributed by atoms with Gasteiger partial charge in [-0.15, -0.1) is 0 Å². The number of carboxylic acids is 1. The van der Waals surface area contributed by atoms with Crippen LogP contribution in [0.1, 0.15) is 54.5 Å². The number of ether oxygens (including phenoxy) is 1. The fraction of sp³-hybridized carbons (Fsp3) is 0.292. The fourth-order valence-electron chi connectivity index (χ4n) is 4.17. The first-order valence-electron chi connectivity index (χ1n) is 10.1. The van der Waals surface area contributed by atoms with E-state index >= 15 is 4.39 Å². The van der Waals surface area contributed by atoms with Crippen LogP contribution in [0.5, 0.6) is 5.88 Å². The van der Waals surface area contributed by atoms with E-state index in [-0.39, 0.29) is 17.7 Å². The molecule has 3 atom stereocenters. The number of nitrogens with zero attached hydrogens (tertiary/aromatic N) is 2. The van der Waals surface area contributed by atoms with Gasteiger partial charge in [0.15, 0.2) is 0 Å². The first kappa shape index (κ1) is 18.7. The van der Waals surface area contributed by atoms with Gasteiger partial charge in [0, 0.05) is 11.5 Å². The second-order valence-corrected chi connectivity index (χ2v) is 8.24. The molecule has 1 aromatic heterocycles. The van der Waals surface area contributed by atoms with Crippen LogP contribution in [0.25, 0.3) is 11.1 Å². The molecule has 3 aromatic rings. The minimum absolute atomic E-state index is 0.0821. The molecular weight excluding hydrogens is 383 g/mol. The molecular formula is C24H21FN2O3. The average molecular weight is 404 g/mol. The number of aliphatic carboxylic acids is 1. The zero-order valence-electron chi connectivity index (χ0n) is 16.7. The van der Waals surface area contributed by atoms with E-state index in [4.69, 9.17) is 9.84 Å². The molecule has 5 rings (SSSR count). The summed E-state index contributed by atoms with van der Waals surface area (Å²) in [4.78, 5) is 19.5. The van der Waals surface area contributed by atoms with Crippen molar-refractivity contribution in [2.45, 2.75) is 38.0 Å². The maximum absolute atomic E-state index is 16.0. The Morgan fingerprint density at radius 2 is 1.90 bits per heavy atom. The summed E-state index contributed by atoms with van der Waals surface area (Å²) in [6.45, 7) is 4.05. The Morgan fingerprint density at radius 1 is 1.13 bits per heavy atom. The highest BCUT2D eigenvalue weighted by Gasteiger charge is 2.59. The van der Waals surface area contributed by atoms with Gasteiger partial charge in [-0.3, -0.25) is 9.78 Å². The lowest BCUT2D eigenvalue weighted by molar-refractivity contribution is -0.138. The number of halogens is 1. The minimum Gasteiger partial charge on any atom is -0.481 e. The van der Waals surface area contributed by atoms with Crippen LogP contribution in [-0.4, -0.2) is 21.0 Å². The highest BCUT2D eigenvalue weighted by Crippen LogP contribution is 2.59. The molecule has 0 radical (unpaired) electrons. The van der Waals surface area contributed by atoms with Gasteiger partial charge in [0.25, 0.3) is 0 Å². The Bertz CT molecular complexity index is 1130. The molecule has 152 valence electrons. The molecule has 0 bridgehead atoms. The standard InChI is InChI=1S/C24H21FN2O3/c1-13(2)15-8-9-16(14-6-4-3-5-7-14)22-21(15)24(22,25)30-20-12-26-19(11-27-20)17-10-18(17)23(28)29/h3-9,11-13,17-18H,10H2,1-2H3,(H,28,29)/t17-,18-,24+/m0/s1. The molecule has 0 unspecified atom stereocenters. The zero-order valence-corrected chi connectivity index (χ0v) is 16.7. The Balaban J connectivity index is 1.44. The molecule has 0 aliphatic heterocycles. The molecule has 0 amide bonds. The van der Waals surface area contributed by atoms with Gasteiger partial charge in [-0.05, 0) is 29.0 Å². The minimum atomic E-state index is -2.03. The molecule has 1 fully saturated rings. The quantitative estimate of drug-likeness (QED) is 0.625. The summed E-state index contributed by atoms with van der Waals surface area (Å²) in [6, 6.07) is 13.6. The second kappa shape index (κ2) is 6.62. The van der Waals surface area contributed by atoms with E-state index in [1.165, 1.54) is 12.4 Å². The van der Waals surface area contributed by atoms with E-state index in [9.17, 15) is 4.79 Å². The number of hydrogen-bond acceptors (Lipinski definition) is 4. The van der Waals surface area contributed by atoms with Crippen LogP contribution in [0.4, 0.5) is 4.39 Å². The second-order valence-electron chi connectivity index (χ2n) is 8.24. The third-order valence-electron chi connectivity index (χ3n) is 5.91. The number of benzene rings is 2. The summed E-state index contributed by atoms with van der Waals surface area (Å²) in [7, 11) is 0. The summed E-state index contributed by atoms with van der Waals surface area (Å²) in [5.74, 6) is -3.16. The molecule has 6 heteroatoms. The van der Waals surface area contributed by atoms with Crippen molar-refractivity contribution in [3.8, 4) is 17.0 Å². The molecule has 2 aliphatic rings. The van der Waals surface area contributed by atoms with Crippen molar-refractivity contribution in [1.29, 1.82) is 0 Å². The molecule has 0 saturated heterocycles. The van der Waals surface area contributed by atoms with Crippen molar-refractivity contribution in [3.63, 3.8) is 0 Å². The summed E-state index contributed by atoms with van der Waals surface area (Å²) in [5.41, 5.74) is 4.37. The molecule has 2 aliphatic carbocycles. The van der Waals surface area contributed by atoms with E-state index in [2.05, 4.69) is 9.97 Å². The third-order valence-corrected chi connectivity index (χ3v) is 5.91. The summed E-state index contributed by atoms with van der Waals surface area (Å²) in [5, 5.41) is 9.07. The average Bonchev–Trinajstić information content (AvgIpc) is 3.65. The summed E-state index contributed by atoms with van der Waals surface area (Å²) < 4.78 is 21.7. The van der Waals surface area contributed by atoms with Crippen LogP contribution in [0.2, 0.25) is 0 Å². The summed E-state index contributed by atoms with van der Waals surface area (Å²) >= 11 is 0. The van der Waals surface area contributed by atoms with Crippen molar-refractivity contribution in [2.24, 2.45) is 5.92 Å². The van der Waals surface area contributed by atoms with Crippen LogP contribution in [0, 0.1) is 5.92 Å². The summed E-state index contributed by atoms with van der Waals surface area (Å²) in [6.07, 6.45) is 3.42. The molecule has 5 nitrogen and oxygen atoms in total. The van der Waals surface area contributed by atoms with Gasteiger partial charge >= 0.3 is 11.8 Å². The Hall–Kier alpha value is -3.28. The number of fused-ring (bicyclic) bond motifs is 1. The maximum Gasteiger partial charge on any atom is 0.307 e. The molecule has 2 aromatic carbocycles. The highest BCUT2D eigenvalue weighted by atomic mass is 19.2. The van der Waals surface area contributed by atoms with E-state index in [0.29, 0.717) is 23.2 Å². The van der Waals surface area contributed by atoms with Crippen LogP contribution in [0.15, 0.2) is 54.9 Å². The van der Waals surface area contributed by atoms with Crippen LogP contribution >= 0.6 is 0 Å². The largest absolute Gasteiger partial charge is 0.481 e. The van der Waals surface area contributed by atoms with Crippen molar-refractivity contribution < 1.29 is 19.0 Å². The van der Waals surface area contributed by atoms with Gasteiger partial charge in [-0.25, -0.2) is 4.98 Å². The number of carboxylic acid groups (broad SMARTS) is 1. The number of aromatic nitrogens is 2. The zero-order chi connectivity index (χ0) is 21.0. The lowest BCUT2D eigenvalue weighted by atomic mass is 9.99. The predicted molar refractivity (Wildman–Crippen MR) is 109 cm³/mol. The van der Waals surface area contributed by atoms with Gasteiger partial charge in [0.1, 0.15) is 0 Å². The number of alkyl halides is 1. The lowest BCUT2D eigenvalue weighted by Crippen LogP contribution is -2.13. The number of rotatable bonds is 6. The van der Waals surface area contributed by atoms with Gasteiger partial charge in [-0.1, -0.05) is 56.3 Å². The topological polar surface area (TPSA) is 72.3 Å². The first-order valence-corrected chi connectivity index (χ1v) is 10.1. The Kier molecular flexibility index (Phi) is 4.13. The van der Waals surface area contributed by atoms with E-state index < -0.39 is 17.7 Å². The molecule has 30 heavy (non-hydrogen) atoms. The van der Waals surface area contributed by atoms with Gasteiger partial charge in [0.05, 0.1) is 29.6 Å². The Morgan fingerprint density at radius 3 is 2.50 bits per heavy atom. The molecule has 1 saturated carbocycles. The predicted octanol–water partition coefficient (Wildman–Crippen LogP) is 5.02. The van der Waals surface area contributed by atoms with Crippen LogP contribution < -0.4 is 4.74 Å². The van der Waals surface area contributed by atoms with Crippen molar-refractivity contribution in [2.75, 3.05) is 0 Å². The number of carbonyl (C=O) groups is 1.